The number of hydrogen-bond acceptors (Lipinski definition) is 5. The highest BCUT2D eigenvalue weighted by Gasteiger charge is 2.68. The van der Waals surface area contributed by atoms with Crippen LogP contribution in [0.1, 0.15) is 31.0 Å². The van der Waals surface area contributed by atoms with Crippen LogP contribution in [0.15, 0.2) is 54.6 Å². The van der Waals surface area contributed by atoms with E-state index in [4.69, 9.17) is 4.74 Å². The molecule has 4 rings (SSSR count). The average Bonchev–Trinajstić information content (AvgIpc) is 3.23. The molecule has 162 valence electrons. The van der Waals surface area contributed by atoms with E-state index >= 15 is 0 Å². The van der Waals surface area contributed by atoms with Crippen molar-refractivity contribution in [2.24, 2.45) is 11.8 Å². The molecule has 2 aliphatic heterocycles. The van der Waals surface area contributed by atoms with Gasteiger partial charge in [0.1, 0.15) is 11.4 Å². The maximum absolute atomic E-state index is 14.8. The molecule has 0 spiro atoms. The summed E-state index contributed by atoms with van der Waals surface area (Å²) in [6.07, 6.45) is 0.148. The summed E-state index contributed by atoms with van der Waals surface area (Å²) in [5.41, 5.74) is -0.409. The molecule has 0 saturated carbocycles. The predicted molar refractivity (Wildman–Crippen MR) is 111 cm³/mol. The Morgan fingerprint density at radius 1 is 1.06 bits per heavy atom. The van der Waals surface area contributed by atoms with E-state index in [-0.39, 0.29) is 25.1 Å². The average molecular weight is 424 g/mol. The zero-order valence-electron chi connectivity index (χ0n) is 17.5. The summed E-state index contributed by atoms with van der Waals surface area (Å²) in [6, 6.07) is 14.6. The van der Waals surface area contributed by atoms with E-state index in [9.17, 15) is 18.8 Å². The minimum Gasteiger partial charge on any atom is -0.465 e. The molecule has 2 saturated heterocycles. The first kappa shape index (κ1) is 21.2. The lowest BCUT2D eigenvalue weighted by Gasteiger charge is -2.33. The van der Waals surface area contributed by atoms with Gasteiger partial charge in [-0.05, 0) is 25.5 Å². The maximum Gasteiger partial charge on any atom is 0.327 e. The molecule has 2 aromatic rings. The Hall–Kier alpha value is -3.06. The Morgan fingerprint density at radius 3 is 2.39 bits per heavy atom. The molecular weight excluding hydrogens is 399 g/mol. The predicted octanol–water partition coefficient (Wildman–Crippen LogP) is 2.64. The van der Waals surface area contributed by atoms with Gasteiger partial charge in [-0.15, -0.1) is 0 Å². The monoisotopic (exact) mass is 424 g/mol. The lowest BCUT2D eigenvalue weighted by molar-refractivity contribution is -0.156. The van der Waals surface area contributed by atoms with Crippen LogP contribution in [0, 0.1) is 17.7 Å². The summed E-state index contributed by atoms with van der Waals surface area (Å²) in [5, 5.41) is 3.22. The number of amides is 2. The van der Waals surface area contributed by atoms with Gasteiger partial charge in [0.2, 0.25) is 11.8 Å². The van der Waals surface area contributed by atoms with Gasteiger partial charge in [0.25, 0.3) is 0 Å². The number of carbonyl (C=O) groups is 3. The van der Waals surface area contributed by atoms with Gasteiger partial charge in [-0.2, -0.15) is 0 Å². The second-order valence-electron chi connectivity index (χ2n) is 7.92. The third-order valence-corrected chi connectivity index (χ3v) is 6.27. The molecule has 1 N–H and O–H groups in total. The van der Waals surface area contributed by atoms with Crippen molar-refractivity contribution in [3.63, 3.8) is 0 Å². The standard InChI is InChI=1S/C24H25FN2O4/c1-3-27-21(28)18-19(22(27)29)24(23(30)31-4-2,14-15-10-6-5-7-11-15)26-20(18)16-12-8-9-13-17(16)25/h5-13,18-20,26H,3-4,14H2,1-2H3/t18-,19+,20+,24-/m1/s1. The second kappa shape index (κ2) is 8.23. The third-order valence-electron chi connectivity index (χ3n) is 6.27. The van der Waals surface area contributed by atoms with Crippen molar-refractivity contribution in [1.82, 2.24) is 10.2 Å². The summed E-state index contributed by atoms with van der Waals surface area (Å²) >= 11 is 0. The minimum absolute atomic E-state index is 0.123. The van der Waals surface area contributed by atoms with E-state index in [0.29, 0.717) is 0 Å². The molecule has 2 aromatic carbocycles. The number of nitrogens with one attached hydrogen (secondary N) is 1. The van der Waals surface area contributed by atoms with E-state index in [0.717, 1.165) is 5.56 Å². The fraction of sp³-hybridized carbons (Fsp3) is 0.375. The highest BCUT2D eigenvalue weighted by molar-refractivity contribution is 6.09. The number of hydrogen-bond donors (Lipinski definition) is 1. The van der Waals surface area contributed by atoms with Crippen LogP contribution in [0.4, 0.5) is 4.39 Å². The SMILES string of the molecule is CCOC(=O)[C@]1(Cc2ccccc2)N[C@@H](c2ccccc2F)[C@@H]2C(=O)N(CC)C(=O)[C@H]21. The quantitative estimate of drug-likeness (QED) is 0.570. The number of fused-ring (bicyclic) bond motifs is 1. The van der Waals surface area contributed by atoms with Crippen LogP contribution in [0.3, 0.4) is 0 Å². The molecule has 0 aliphatic carbocycles. The van der Waals surface area contributed by atoms with Gasteiger partial charge in [-0.1, -0.05) is 48.5 Å². The fourth-order valence-electron chi connectivity index (χ4n) is 4.97. The first-order valence-corrected chi connectivity index (χ1v) is 10.5. The lowest BCUT2D eigenvalue weighted by atomic mass is 9.76. The highest BCUT2D eigenvalue weighted by Crippen LogP contribution is 2.50. The molecule has 0 aromatic heterocycles. The number of esters is 1. The van der Waals surface area contributed by atoms with Crippen molar-refractivity contribution in [3.8, 4) is 0 Å². The number of benzene rings is 2. The normalized spacial score (nSPS) is 27.5. The van der Waals surface area contributed by atoms with Crippen molar-refractivity contribution >= 4 is 17.8 Å². The molecule has 6 nitrogen and oxygen atoms in total. The molecule has 7 heteroatoms. The van der Waals surface area contributed by atoms with E-state index in [1.807, 2.05) is 30.3 Å². The van der Waals surface area contributed by atoms with Crippen molar-refractivity contribution < 1.29 is 23.5 Å². The molecule has 4 atom stereocenters. The molecule has 0 radical (unpaired) electrons. The van der Waals surface area contributed by atoms with Gasteiger partial charge < -0.3 is 4.74 Å². The number of halogens is 1. The smallest absolute Gasteiger partial charge is 0.327 e. The van der Waals surface area contributed by atoms with Crippen molar-refractivity contribution in [2.75, 3.05) is 13.2 Å². The van der Waals surface area contributed by atoms with Crippen LogP contribution in [-0.4, -0.2) is 41.4 Å². The largest absolute Gasteiger partial charge is 0.465 e. The molecule has 2 fully saturated rings. The Kier molecular flexibility index (Phi) is 5.62. The summed E-state index contributed by atoms with van der Waals surface area (Å²) in [5.74, 6) is -3.79. The summed E-state index contributed by atoms with van der Waals surface area (Å²) in [6.45, 7) is 3.72. The third kappa shape index (κ3) is 3.33. The maximum atomic E-state index is 14.8. The van der Waals surface area contributed by atoms with Gasteiger partial charge in [0.05, 0.1) is 18.4 Å². The van der Waals surface area contributed by atoms with Crippen LogP contribution in [-0.2, 0) is 25.5 Å². The molecular formula is C24H25FN2O4. The zero-order chi connectivity index (χ0) is 22.2. The Bertz CT molecular complexity index is 1010. The molecule has 0 unspecified atom stereocenters. The Labute approximate surface area is 180 Å². The van der Waals surface area contributed by atoms with E-state index in [2.05, 4.69) is 5.32 Å². The minimum atomic E-state index is -1.48. The van der Waals surface area contributed by atoms with Crippen LogP contribution in [0.25, 0.3) is 0 Å². The number of nitrogens with zero attached hydrogens (tertiary/aromatic N) is 1. The molecule has 2 amide bonds. The first-order chi connectivity index (χ1) is 14.9. The van der Waals surface area contributed by atoms with Crippen LogP contribution in [0.5, 0.6) is 0 Å². The Balaban J connectivity index is 1.89. The second-order valence-corrected chi connectivity index (χ2v) is 7.92. The lowest BCUT2D eigenvalue weighted by Crippen LogP contribution is -2.58. The van der Waals surface area contributed by atoms with Crippen molar-refractivity contribution in [3.05, 3.63) is 71.5 Å². The zero-order valence-corrected chi connectivity index (χ0v) is 17.5. The number of ether oxygens (including phenoxy) is 1. The number of carbonyl (C=O) groups excluding carboxylic acids is 3. The van der Waals surface area contributed by atoms with Crippen LogP contribution >= 0.6 is 0 Å². The van der Waals surface area contributed by atoms with Gasteiger partial charge >= 0.3 is 5.97 Å². The van der Waals surface area contributed by atoms with Gasteiger partial charge in [0, 0.05) is 24.6 Å². The van der Waals surface area contributed by atoms with E-state index in [1.54, 1.807) is 32.0 Å². The van der Waals surface area contributed by atoms with Crippen LogP contribution in [0.2, 0.25) is 0 Å². The van der Waals surface area contributed by atoms with Crippen molar-refractivity contribution in [2.45, 2.75) is 31.8 Å². The van der Waals surface area contributed by atoms with Gasteiger partial charge in [0.15, 0.2) is 0 Å². The van der Waals surface area contributed by atoms with Gasteiger partial charge in [-0.3, -0.25) is 24.6 Å². The number of rotatable bonds is 6. The molecule has 0 bridgehead atoms. The molecule has 31 heavy (non-hydrogen) atoms. The van der Waals surface area contributed by atoms with Gasteiger partial charge in [-0.25, -0.2) is 4.39 Å². The fourth-order valence-corrected chi connectivity index (χ4v) is 4.97. The summed E-state index contributed by atoms with van der Waals surface area (Å²) in [7, 11) is 0. The topological polar surface area (TPSA) is 75.7 Å². The van der Waals surface area contributed by atoms with E-state index in [1.165, 1.54) is 11.0 Å². The summed E-state index contributed by atoms with van der Waals surface area (Å²) < 4.78 is 20.2. The van der Waals surface area contributed by atoms with Crippen molar-refractivity contribution in [1.29, 1.82) is 0 Å². The first-order valence-electron chi connectivity index (χ1n) is 10.5. The van der Waals surface area contributed by atoms with Crippen LogP contribution < -0.4 is 5.32 Å². The number of likely N-dealkylation sites (tertiary alicyclic amines) is 1. The highest BCUT2D eigenvalue weighted by atomic mass is 19.1. The number of imide groups is 1. The van der Waals surface area contributed by atoms with E-state index < -0.39 is 47.0 Å². The summed E-state index contributed by atoms with van der Waals surface area (Å²) in [4.78, 5) is 41.1. The molecule has 2 aliphatic rings. The Morgan fingerprint density at radius 2 is 1.74 bits per heavy atom. The molecule has 2 heterocycles.